The van der Waals surface area contributed by atoms with E-state index in [0.29, 0.717) is 12.0 Å². The van der Waals surface area contributed by atoms with Crippen LogP contribution in [0.15, 0.2) is 12.3 Å². The van der Waals surface area contributed by atoms with E-state index in [9.17, 15) is 9.18 Å². The minimum Gasteiger partial charge on any atom is -0.381 e. The molecule has 0 aromatic carbocycles. The van der Waals surface area contributed by atoms with Crippen LogP contribution in [0, 0.1) is 11.7 Å². The second kappa shape index (κ2) is 4.23. The quantitative estimate of drug-likeness (QED) is 0.885. The fraction of sp³-hybridized carbons (Fsp3) is 0.538. The summed E-state index contributed by atoms with van der Waals surface area (Å²) in [5, 5.41) is 0. The molecule has 96 valence electrons. The number of hydrogen-bond donors (Lipinski definition) is 1. The first-order valence-electron chi connectivity index (χ1n) is 6.37. The van der Waals surface area contributed by atoms with Gasteiger partial charge in [0.2, 0.25) is 0 Å². The molecular formula is C13H16FN3O. The number of anilines is 1. The standard InChI is InChI=1S/C13H16FN3O/c14-11-10(5-6-16-12(11)15)13(18)17(9-3-4-9)7-8-1-2-8/h5-6,8-9H,1-4,7H2,(H2,15,16). The molecule has 2 fully saturated rings. The lowest BCUT2D eigenvalue weighted by Crippen LogP contribution is -2.35. The van der Waals surface area contributed by atoms with E-state index in [2.05, 4.69) is 4.98 Å². The van der Waals surface area contributed by atoms with Gasteiger partial charge in [0.15, 0.2) is 11.6 Å². The number of hydrogen-bond acceptors (Lipinski definition) is 3. The van der Waals surface area contributed by atoms with Gasteiger partial charge in [0.1, 0.15) is 0 Å². The molecule has 0 aliphatic heterocycles. The number of aromatic nitrogens is 1. The molecule has 18 heavy (non-hydrogen) atoms. The summed E-state index contributed by atoms with van der Waals surface area (Å²) in [4.78, 5) is 17.8. The summed E-state index contributed by atoms with van der Waals surface area (Å²) in [7, 11) is 0. The summed E-state index contributed by atoms with van der Waals surface area (Å²) in [6.45, 7) is 0.755. The third kappa shape index (κ3) is 2.17. The molecule has 1 heterocycles. The molecule has 5 heteroatoms. The molecule has 2 aliphatic carbocycles. The Morgan fingerprint density at radius 3 is 2.78 bits per heavy atom. The molecule has 2 N–H and O–H groups in total. The molecule has 1 aromatic rings. The zero-order valence-electron chi connectivity index (χ0n) is 10.1. The molecule has 0 spiro atoms. The molecular weight excluding hydrogens is 233 g/mol. The average Bonchev–Trinajstić information content (AvgIpc) is 3.22. The van der Waals surface area contributed by atoms with E-state index >= 15 is 0 Å². The number of rotatable bonds is 4. The Morgan fingerprint density at radius 1 is 1.44 bits per heavy atom. The molecule has 3 rings (SSSR count). The number of pyridine rings is 1. The Bertz CT molecular complexity index is 483. The van der Waals surface area contributed by atoms with Gasteiger partial charge in [0, 0.05) is 18.8 Å². The van der Waals surface area contributed by atoms with Crippen LogP contribution in [0.1, 0.15) is 36.0 Å². The van der Waals surface area contributed by atoms with E-state index in [1.165, 1.54) is 25.1 Å². The number of amides is 1. The summed E-state index contributed by atoms with van der Waals surface area (Å²) in [5.74, 6) is -0.528. The van der Waals surface area contributed by atoms with Gasteiger partial charge in [-0.1, -0.05) is 0 Å². The SMILES string of the molecule is Nc1nccc(C(=O)N(CC2CC2)C2CC2)c1F. The lowest BCUT2D eigenvalue weighted by molar-refractivity contribution is 0.0730. The van der Waals surface area contributed by atoms with Crippen LogP contribution < -0.4 is 5.73 Å². The Labute approximate surface area is 105 Å². The molecule has 1 aromatic heterocycles. The highest BCUT2D eigenvalue weighted by atomic mass is 19.1. The Kier molecular flexibility index (Phi) is 2.69. The summed E-state index contributed by atoms with van der Waals surface area (Å²) in [6.07, 6.45) is 5.80. The Balaban J connectivity index is 1.84. The molecule has 0 radical (unpaired) electrons. The smallest absolute Gasteiger partial charge is 0.257 e. The number of nitrogens with two attached hydrogens (primary N) is 1. The van der Waals surface area contributed by atoms with Gasteiger partial charge in [-0.15, -0.1) is 0 Å². The fourth-order valence-corrected chi connectivity index (χ4v) is 2.14. The van der Waals surface area contributed by atoms with Crippen LogP contribution in [0.3, 0.4) is 0 Å². The molecule has 2 saturated carbocycles. The maximum absolute atomic E-state index is 13.8. The summed E-state index contributed by atoms with van der Waals surface area (Å²) >= 11 is 0. The Hall–Kier alpha value is -1.65. The van der Waals surface area contributed by atoms with Crippen LogP contribution in [0.5, 0.6) is 0 Å². The van der Waals surface area contributed by atoms with Crippen molar-refractivity contribution in [3.8, 4) is 0 Å². The van der Waals surface area contributed by atoms with Crippen molar-refractivity contribution in [2.75, 3.05) is 12.3 Å². The Morgan fingerprint density at radius 2 is 2.17 bits per heavy atom. The van der Waals surface area contributed by atoms with Crippen molar-refractivity contribution in [3.63, 3.8) is 0 Å². The highest BCUT2D eigenvalue weighted by Gasteiger charge is 2.37. The first-order chi connectivity index (χ1) is 8.66. The van der Waals surface area contributed by atoms with Crippen molar-refractivity contribution in [1.82, 2.24) is 9.88 Å². The van der Waals surface area contributed by atoms with E-state index in [4.69, 9.17) is 5.73 Å². The molecule has 0 saturated heterocycles. The number of carbonyl (C=O) groups excluding carboxylic acids is 1. The molecule has 0 atom stereocenters. The predicted molar refractivity (Wildman–Crippen MR) is 65.4 cm³/mol. The minimum absolute atomic E-state index is 0.0510. The molecule has 4 nitrogen and oxygen atoms in total. The van der Waals surface area contributed by atoms with Crippen LogP contribution in [0.4, 0.5) is 10.2 Å². The maximum Gasteiger partial charge on any atom is 0.257 e. The van der Waals surface area contributed by atoms with E-state index in [1.807, 2.05) is 4.90 Å². The first kappa shape index (κ1) is 11.4. The number of nitrogen functional groups attached to an aromatic ring is 1. The van der Waals surface area contributed by atoms with Crippen molar-refractivity contribution in [2.24, 2.45) is 5.92 Å². The lowest BCUT2D eigenvalue weighted by atomic mass is 10.2. The topological polar surface area (TPSA) is 59.2 Å². The fourth-order valence-electron chi connectivity index (χ4n) is 2.14. The van der Waals surface area contributed by atoms with E-state index < -0.39 is 5.82 Å². The highest BCUT2D eigenvalue weighted by Crippen LogP contribution is 2.35. The van der Waals surface area contributed by atoms with E-state index in [0.717, 1.165) is 19.4 Å². The third-order valence-corrected chi connectivity index (χ3v) is 3.55. The average molecular weight is 249 g/mol. The third-order valence-electron chi connectivity index (χ3n) is 3.55. The van der Waals surface area contributed by atoms with Gasteiger partial charge in [-0.3, -0.25) is 4.79 Å². The second-order valence-corrected chi connectivity index (χ2v) is 5.19. The minimum atomic E-state index is -0.691. The van der Waals surface area contributed by atoms with Gasteiger partial charge in [0.05, 0.1) is 5.56 Å². The van der Waals surface area contributed by atoms with Crippen molar-refractivity contribution >= 4 is 11.7 Å². The van der Waals surface area contributed by atoms with Crippen molar-refractivity contribution in [2.45, 2.75) is 31.7 Å². The summed E-state index contributed by atoms with van der Waals surface area (Å²) in [5.41, 5.74) is 5.46. The zero-order chi connectivity index (χ0) is 12.7. The number of carbonyl (C=O) groups is 1. The summed E-state index contributed by atoms with van der Waals surface area (Å²) < 4.78 is 13.8. The highest BCUT2D eigenvalue weighted by molar-refractivity contribution is 5.95. The maximum atomic E-state index is 13.8. The molecule has 0 bridgehead atoms. The van der Waals surface area contributed by atoms with Gasteiger partial charge in [0.25, 0.3) is 5.91 Å². The second-order valence-electron chi connectivity index (χ2n) is 5.19. The van der Waals surface area contributed by atoms with Crippen LogP contribution >= 0.6 is 0 Å². The lowest BCUT2D eigenvalue weighted by Gasteiger charge is -2.22. The van der Waals surface area contributed by atoms with Crippen molar-refractivity contribution in [1.29, 1.82) is 0 Å². The van der Waals surface area contributed by atoms with Crippen LogP contribution in [-0.4, -0.2) is 28.4 Å². The van der Waals surface area contributed by atoms with Gasteiger partial charge in [-0.05, 0) is 37.7 Å². The van der Waals surface area contributed by atoms with Crippen LogP contribution in [-0.2, 0) is 0 Å². The largest absolute Gasteiger partial charge is 0.381 e. The molecule has 1 amide bonds. The number of halogens is 1. The molecule has 0 unspecified atom stereocenters. The van der Waals surface area contributed by atoms with Gasteiger partial charge in [-0.2, -0.15) is 0 Å². The zero-order valence-corrected chi connectivity index (χ0v) is 10.1. The number of nitrogens with zero attached hydrogens (tertiary/aromatic N) is 2. The van der Waals surface area contributed by atoms with E-state index in [1.54, 1.807) is 0 Å². The first-order valence-corrected chi connectivity index (χ1v) is 6.37. The van der Waals surface area contributed by atoms with E-state index in [-0.39, 0.29) is 17.3 Å². The normalized spacial score (nSPS) is 18.7. The monoisotopic (exact) mass is 249 g/mol. The predicted octanol–water partition coefficient (Wildman–Crippen LogP) is 1.82. The van der Waals surface area contributed by atoms with Crippen LogP contribution in [0.2, 0.25) is 0 Å². The van der Waals surface area contributed by atoms with Crippen molar-refractivity contribution < 1.29 is 9.18 Å². The van der Waals surface area contributed by atoms with Crippen molar-refractivity contribution in [3.05, 3.63) is 23.6 Å². The van der Waals surface area contributed by atoms with Gasteiger partial charge >= 0.3 is 0 Å². The van der Waals surface area contributed by atoms with Gasteiger partial charge < -0.3 is 10.6 Å². The van der Waals surface area contributed by atoms with Crippen LogP contribution in [0.25, 0.3) is 0 Å². The molecule has 2 aliphatic rings. The van der Waals surface area contributed by atoms with Gasteiger partial charge in [-0.25, -0.2) is 9.37 Å². The summed E-state index contributed by atoms with van der Waals surface area (Å²) in [6, 6.07) is 1.71.